The molecule has 1 atom stereocenters. The summed E-state index contributed by atoms with van der Waals surface area (Å²) >= 11 is 0. The predicted octanol–water partition coefficient (Wildman–Crippen LogP) is 3.11. The van der Waals surface area contributed by atoms with Crippen LogP contribution in [0.5, 0.6) is 0 Å². The summed E-state index contributed by atoms with van der Waals surface area (Å²) in [5.41, 5.74) is -0.722. The van der Waals surface area contributed by atoms with E-state index >= 15 is 0 Å². The summed E-state index contributed by atoms with van der Waals surface area (Å²) in [6.07, 6.45) is 0. The second kappa shape index (κ2) is 6.96. The molecule has 0 fully saturated rings. The number of hydrogen-bond acceptors (Lipinski definition) is 3. The first-order valence-corrected chi connectivity index (χ1v) is 8.74. The van der Waals surface area contributed by atoms with Crippen molar-refractivity contribution in [2.75, 3.05) is 13.7 Å². The molecular weight excluding hydrogens is 336 g/mol. The van der Waals surface area contributed by atoms with Gasteiger partial charge in [-0.15, -0.1) is 0 Å². The summed E-state index contributed by atoms with van der Waals surface area (Å²) < 4.78 is 59.9. The van der Waals surface area contributed by atoms with Crippen molar-refractivity contribution in [3.63, 3.8) is 0 Å². The highest BCUT2D eigenvalue weighted by Crippen LogP contribution is 2.27. The monoisotopic (exact) mass is 355 g/mol. The minimum absolute atomic E-state index is 0.0617. The van der Waals surface area contributed by atoms with E-state index in [0.717, 1.165) is 6.07 Å². The molecule has 0 bridgehead atoms. The van der Waals surface area contributed by atoms with Gasteiger partial charge in [0.05, 0.1) is 4.90 Å². The van der Waals surface area contributed by atoms with E-state index in [2.05, 4.69) is 4.72 Å². The maximum Gasteiger partial charge on any atom is 0.240 e. The molecule has 0 spiro atoms. The van der Waals surface area contributed by atoms with Crippen LogP contribution in [0.3, 0.4) is 0 Å². The normalized spacial score (nSPS) is 14.4. The predicted molar refractivity (Wildman–Crippen MR) is 87.1 cm³/mol. The molecule has 0 aliphatic rings. The highest BCUT2D eigenvalue weighted by molar-refractivity contribution is 7.89. The maximum atomic E-state index is 14.0. The van der Waals surface area contributed by atoms with Gasteiger partial charge in [0, 0.05) is 19.2 Å². The molecule has 0 saturated heterocycles. The van der Waals surface area contributed by atoms with Crippen molar-refractivity contribution in [1.29, 1.82) is 0 Å². The summed E-state index contributed by atoms with van der Waals surface area (Å²) in [4.78, 5) is -0.0617. The summed E-state index contributed by atoms with van der Waals surface area (Å²) in [7, 11) is -2.51. The largest absolute Gasteiger partial charge is 0.372 e. The smallest absolute Gasteiger partial charge is 0.240 e. The molecule has 2 rings (SSSR count). The SMILES string of the molecule is COC(C)(CNS(=O)(=O)c1ccc(F)c(C)c1)c1ccccc1F. The Balaban J connectivity index is 2.26. The first-order chi connectivity index (χ1) is 11.2. The van der Waals surface area contributed by atoms with Gasteiger partial charge in [-0.1, -0.05) is 18.2 Å². The lowest BCUT2D eigenvalue weighted by Crippen LogP contribution is -2.40. The van der Waals surface area contributed by atoms with Gasteiger partial charge in [0.15, 0.2) is 0 Å². The number of sulfonamides is 1. The maximum absolute atomic E-state index is 14.0. The van der Waals surface area contributed by atoms with Crippen molar-refractivity contribution in [3.8, 4) is 0 Å². The molecule has 0 aromatic heterocycles. The first kappa shape index (κ1) is 18.5. The molecule has 0 amide bonds. The topological polar surface area (TPSA) is 55.4 Å². The van der Waals surface area contributed by atoms with Crippen LogP contribution in [0, 0.1) is 18.6 Å². The molecule has 1 N–H and O–H groups in total. The Kier molecular flexibility index (Phi) is 5.37. The lowest BCUT2D eigenvalue weighted by atomic mass is 9.95. The van der Waals surface area contributed by atoms with Crippen LogP contribution in [0.4, 0.5) is 8.78 Å². The molecule has 0 aliphatic heterocycles. The summed E-state index contributed by atoms with van der Waals surface area (Å²) in [5.74, 6) is -0.972. The van der Waals surface area contributed by atoms with Gasteiger partial charge in [0.25, 0.3) is 0 Å². The van der Waals surface area contributed by atoms with Crippen LogP contribution in [0.25, 0.3) is 0 Å². The summed E-state index contributed by atoms with van der Waals surface area (Å²) in [6.45, 7) is 2.89. The van der Waals surface area contributed by atoms with Crippen molar-refractivity contribution >= 4 is 10.0 Å². The van der Waals surface area contributed by atoms with E-state index < -0.39 is 27.3 Å². The van der Waals surface area contributed by atoms with Crippen molar-refractivity contribution in [1.82, 2.24) is 4.72 Å². The Morgan fingerprint density at radius 3 is 2.38 bits per heavy atom. The Bertz CT molecular complexity index is 839. The Labute approximate surface area is 140 Å². The highest BCUT2D eigenvalue weighted by atomic mass is 32.2. The van der Waals surface area contributed by atoms with Crippen LogP contribution in [0.2, 0.25) is 0 Å². The zero-order valence-electron chi connectivity index (χ0n) is 13.6. The van der Waals surface area contributed by atoms with Gasteiger partial charge in [0.1, 0.15) is 17.2 Å². The second-order valence-corrected chi connectivity index (χ2v) is 7.42. The number of hydrogen-bond donors (Lipinski definition) is 1. The van der Waals surface area contributed by atoms with Gasteiger partial charge in [-0.2, -0.15) is 0 Å². The molecule has 2 aromatic carbocycles. The number of halogens is 2. The van der Waals surface area contributed by atoms with E-state index in [1.807, 2.05) is 0 Å². The van der Waals surface area contributed by atoms with E-state index in [1.165, 1.54) is 38.3 Å². The Morgan fingerprint density at radius 1 is 1.12 bits per heavy atom. The molecular formula is C17H19F2NO3S. The zero-order chi connectivity index (χ0) is 18.0. The fourth-order valence-electron chi connectivity index (χ4n) is 2.27. The zero-order valence-corrected chi connectivity index (χ0v) is 14.5. The van der Waals surface area contributed by atoms with Crippen molar-refractivity contribution < 1.29 is 21.9 Å². The highest BCUT2D eigenvalue weighted by Gasteiger charge is 2.31. The number of rotatable bonds is 6. The van der Waals surface area contributed by atoms with E-state index in [0.29, 0.717) is 0 Å². The number of nitrogens with one attached hydrogen (secondary N) is 1. The molecule has 0 heterocycles. The number of aryl methyl sites for hydroxylation is 1. The lowest BCUT2D eigenvalue weighted by Gasteiger charge is -2.29. The molecule has 1 unspecified atom stereocenters. The van der Waals surface area contributed by atoms with E-state index in [4.69, 9.17) is 4.74 Å². The molecule has 0 aliphatic carbocycles. The van der Waals surface area contributed by atoms with Crippen molar-refractivity contribution in [3.05, 3.63) is 65.2 Å². The molecule has 7 heteroatoms. The van der Waals surface area contributed by atoms with E-state index in [-0.39, 0.29) is 22.6 Å². The van der Waals surface area contributed by atoms with Crippen LogP contribution in [-0.2, 0) is 20.4 Å². The van der Waals surface area contributed by atoms with Crippen LogP contribution >= 0.6 is 0 Å². The summed E-state index contributed by atoms with van der Waals surface area (Å²) in [6, 6.07) is 9.52. The van der Waals surface area contributed by atoms with Gasteiger partial charge in [-0.25, -0.2) is 21.9 Å². The third kappa shape index (κ3) is 3.80. The molecule has 24 heavy (non-hydrogen) atoms. The fraction of sp³-hybridized carbons (Fsp3) is 0.294. The van der Waals surface area contributed by atoms with Crippen LogP contribution in [0.15, 0.2) is 47.4 Å². The van der Waals surface area contributed by atoms with Gasteiger partial charge in [-0.05, 0) is 43.7 Å². The first-order valence-electron chi connectivity index (χ1n) is 7.25. The fourth-order valence-corrected chi connectivity index (χ4v) is 3.48. The average Bonchev–Trinajstić information content (AvgIpc) is 2.55. The molecule has 0 radical (unpaired) electrons. The van der Waals surface area contributed by atoms with Crippen molar-refractivity contribution in [2.24, 2.45) is 0 Å². The molecule has 2 aromatic rings. The third-order valence-corrected chi connectivity index (χ3v) is 5.33. The Morgan fingerprint density at radius 2 is 1.79 bits per heavy atom. The quantitative estimate of drug-likeness (QED) is 0.866. The van der Waals surface area contributed by atoms with Gasteiger partial charge < -0.3 is 4.74 Å². The van der Waals surface area contributed by atoms with Gasteiger partial charge in [-0.3, -0.25) is 0 Å². The number of ether oxygens (including phenoxy) is 1. The van der Waals surface area contributed by atoms with Crippen LogP contribution < -0.4 is 4.72 Å². The third-order valence-electron chi connectivity index (χ3n) is 3.93. The van der Waals surface area contributed by atoms with E-state index in [1.54, 1.807) is 19.1 Å². The van der Waals surface area contributed by atoms with Gasteiger partial charge in [0.2, 0.25) is 10.0 Å². The van der Waals surface area contributed by atoms with Crippen LogP contribution in [0.1, 0.15) is 18.1 Å². The number of methoxy groups -OCH3 is 1. The lowest BCUT2D eigenvalue weighted by molar-refractivity contribution is 0.00410. The Hall–Kier alpha value is -1.83. The molecule has 4 nitrogen and oxygen atoms in total. The summed E-state index contributed by atoms with van der Waals surface area (Å²) in [5, 5.41) is 0. The average molecular weight is 355 g/mol. The van der Waals surface area contributed by atoms with Crippen LogP contribution in [-0.4, -0.2) is 22.1 Å². The van der Waals surface area contributed by atoms with E-state index in [9.17, 15) is 17.2 Å². The number of benzene rings is 2. The van der Waals surface area contributed by atoms with Gasteiger partial charge >= 0.3 is 0 Å². The minimum atomic E-state index is -3.88. The standard InChI is InChI=1S/C17H19F2NO3S/c1-12-10-13(8-9-15(12)18)24(21,22)20-11-17(2,23-3)14-6-4-5-7-16(14)19/h4-10,20H,11H2,1-3H3. The van der Waals surface area contributed by atoms with Crippen molar-refractivity contribution in [2.45, 2.75) is 24.3 Å². The second-order valence-electron chi connectivity index (χ2n) is 5.65. The molecule has 0 saturated carbocycles. The minimum Gasteiger partial charge on any atom is -0.372 e. The molecule has 130 valence electrons.